The summed E-state index contributed by atoms with van der Waals surface area (Å²) < 4.78 is 18.2. The minimum Gasteiger partial charge on any atom is -0.493 e. The van der Waals surface area contributed by atoms with Crippen LogP contribution in [0.5, 0.6) is 17.2 Å². The van der Waals surface area contributed by atoms with Crippen molar-refractivity contribution in [2.24, 2.45) is 0 Å². The van der Waals surface area contributed by atoms with Crippen LogP contribution in [0.4, 0.5) is 0 Å². The van der Waals surface area contributed by atoms with Gasteiger partial charge in [-0.05, 0) is 35.9 Å². The molecule has 4 heteroatoms. The van der Waals surface area contributed by atoms with Crippen molar-refractivity contribution in [1.29, 1.82) is 0 Å². The second kappa shape index (κ2) is 5.40. The molecule has 0 atom stereocenters. The molecule has 0 spiro atoms. The highest BCUT2D eigenvalue weighted by molar-refractivity contribution is 5.74. The largest absolute Gasteiger partial charge is 0.493 e. The molecule has 0 fully saturated rings. The van der Waals surface area contributed by atoms with Gasteiger partial charge in [-0.15, -0.1) is 0 Å². The Hall–Kier alpha value is -2.62. The number of fused-ring (bicyclic) bond motifs is 1. The van der Waals surface area contributed by atoms with E-state index in [2.05, 4.69) is 22.7 Å². The van der Waals surface area contributed by atoms with E-state index in [-0.39, 0.29) is 0 Å². The average Bonchev–Trinajstić information content (AvgIpc) is 2.97. The van der Waals surface area contributed by atoms with E-state index in [1.54, 1.807) is 21.3 Å². The van der Waals surface area contributed by atoms with Crippen LogP contribution in [0.2, 0.25) is 0 Å². The Labute approximate surface area is 123 Å². The van der Waals surface area contributed by atoms with Gasteiger partial charge in [-0.3, -0.25) is 0 Å². The number of aromatic nitrogens is 1. The maximum atomic E-state index is 5.40. The lowest BCUT2D eigenvalue weighted by Crippen LogP contribution is -1.95. The zero-order valence-corrected chi connectivity index (χ0v) is 12.3. The summed E-state index contributed by atoms with van der Waals surface area (Å²) in [6.07, 6.45) is 4.10. The van der Waals surface area contributed by atoms with E-state index < -0.39 is 0 Å². The lowest BCUT2D eigenvalue weighted by Gasteiger charge is -2.13. The number of hydrogen-bond acceptors (Lipinski definition) is 3. The fourth-order valence-electron chi connectivity index (χ4n) is 2.46. The molecule has 0 saturated carbocycles. The van der Waals surface area contributed by atoms with E-state index in [0.29, 0.717) is 17.2 Å². The van der Waals surface area contributed by atoms with Crippen molar-refractivity contribution < 1.29 is 14.2 Å². The van der Waals surface area contributed by atoms with Crippen LogP contribution in [-0.4, -0.2) is 25.7 Å². The van der Waals surface area contributed by atoms with Crippen LogP contribution in [0.3, 0.4) is 0 Å². The second-order valence-corrected chi connectivity index (χ2v) is 4.68. The third kappa shape index (κ3) is 2.29. The molecular weight excluding hydrogens is 266 g/mol. The van der Waals surface area contributed by atoms with Gasteiger partial charge in [-0.1, -0.05) is 6.07 Å². The lowest BCUT2D eigenvalue weighted by molar-refractivity contribution is 0.324. The van der Waals surface area contributed by atoms with Crippen LogP contribution in [0.15, 0.2) is 48.8 Å². The highest BCUT2D eigenvalue weighted by Gasteiger charge is 2.14. The summed E-state index contributed by atoms with van der Waals surface area (Å²) in [7, 11) is 4.85. The number of benzene rings is 1. The van der Waals surface area contributed by atoms with E-state index in [1.165, 1.54) is 0 Å². The maximum absolute atomic E-state index is 5.40. The van der Waals surface area contributed by atoms with Gasteiger partial charge in [-0.25, -0.2) is 0 Å². The average molecular weight is 283 g/mol. The predicted molar refractivity (Wildman–Crippen MR) is 82.5 cm³/mol. The molecule has 0 bridgehead atoms. The first-order valence-electron chi connectivity index (χ1n) is 6.64. The van der Waals surface area contributed by atoms with Crippen molar-refractivity contribution in [2.45, 2.75) is 0 Å². The minimum atomic E-state index is 0.604. The normalized spacial score (nSPS) is 10.6. The Morgan fingerprint density at radius 2 is 1.52 bits per heavy atom. The molecule has 0 radical (unpaired) electrons. The summed E-state index contributed by atoms with van der Waals surface area (Å²) in [6, 6.07) is 12.1. The first kappa shape index (κ1) is 13.4. The van der Waals surface area contributed by atoms with Gasteiger partial charge in [0.05, 0.1) is 21.3 Å². The van der Waals surface area contributed by atoms with Gasteiger partial charge < -0.3 is 18.6 Å². The van der Waals surface area contributed by atoms with Crippen LogP contribution >= 0.6 is 0 Å². The molecule has 0 N–H and O–H groups in total. The summed E-state index contributed by atoms with van der Waals surface area (Å²) in [5.74, 6) is 1.91. The third-order valence-corrected chi connectivity index (χ3v) is 3.50. The molecular formula is C17H17NO3. The van der Waals surface area contributed by atoms with Crippen LogP contribution < -0.4 is 14.2 Å². The molecule has 108 valence electrons. The topological polar surface area (TPSA) is 32.1 Å². The molecule has 4 nitrogen and oxygen atoms in total. The molecule has 3 rings (SSSR count). The number of methoxy groups -OCH3 is 3. The van der Waals surface area contributed by atoms with Crippen LogP contribution in [0.1, 0.15) is 0 Å². The Bertz CT molecular complexity index is 719. The first-order valence-corrected chi connectivity index (χ1v) is 6.64. The Balaban J connectivity index is 2.17. The molecule has 0 amide bonds. The van der Waals surface area contributed by atoms with Gasteiger partial charge in [0.1, 0.15) is 0 Å². The maximum Gasteiger partial charge on any atom is 0.203 e. The van der Waals surface area contributed by atoms with Crippen molar-refractivity contribution in [2.75, 3.05) is 21.3 Å². The minimum absolute atomic E-state index is 0.604. The van der Waals surface area contributed by atoms with Crippen molar-refractivity contribution in [3.8, 4) is 28.4 Å². The van der Waals surface area contributed by atoms with Crippen molar-refractivity contribution in [3.63, 3.8) is 0 Å². The van der Waals surface area contributed by atoms with Gasteiger partial charge in [0.15, 0.2) is 11.5 Å². The second-order valence-electron chi connectivity index (χ2n) is 4.68. The molecule has 1 aromatic carbocycles. The molecule has 2 heterocycles. The van der Waals surface area contributed by atoms with Crippen LogP contribution in [0, 0.1) is 0 Å². The number of nitrogens with zero attached hydrogens (tertiary/aromatic N) is 1. The molecule has 0 unspecified atom stereocenters. The van der Waals surface area contributed by atoms with Gasteiger partial charge in [-0.2, -0.15) is 0 Å². The van der Waals surface area contributed by atoms with Crippen LogP contribution in [-0.2, 0) is 0 Å². The monoisotopic (exact) mass is 283 g/mol. The van der Waals surface area contributed by atoms with E-state index in [1.807, 2.05) is 30.5 Å². The van der Waals surface area contributed by atoms with Crippen molar-refractivity contribution in [3.05, 3.63) is 48.8 Å². The van der Waals surface area contributed by atoms with E-state index in [0.717, 1.165) is 16.6 Å². The molecule has 0 aliphatic heterocycles. The molecule has 0 saturated heterocycles. The van der Waals surface area contributed by atoms with Gasteiger partial charge in [0.2, 0.25) is 5.75 Å². The summed E-state index contributed by atoms with van der Waals surface area (Å²) >= 11 is 0. The Kier molecular flexibility index (Phi) is 3.44. The number of rotatable bonds is 4. The van der Waals surface area contributed by atoms with Gasteiger partial charge in [0, 0.05) is 23.5 Å². The molecule has 0 aliphatic rings. The Morgan fingerprint density at radius 3 is 2.10 bits per heavy atom. The third-order valence-electron chi connectivity index (χ3n) is 3.50. The SMILES string of the molecule is COc1cc(-c2cc3ccccn3c2)cc(OC)c1OC. The fraction of sp³-hybridized carbons (Fsp3) is 0.176. The fourth-order valence-corrected chi connectivity index (χ4v) is 2.46. The summed E-state index contributed by atoms with van der Waals surface area (Å²) in [4.78, 5) is 0. The summed E-state index contributed by atoms with van der Waals surface area (Å²) in [5.41, 5.74) is 3.26. The zero-order chi connectivity index (χ0) is 14.8. The van der Waals surface area contributed by atoms with Crippen molar-refractivity contribution >= 4 is 5.52 Å². The van der Waals surface area contributed by atoms with Gasteiger partial charge in [0.25, 0.3) is 0 Å². The summed E-state index contributed by atoms with van der Waals surface area (Å²) in [6.45, 7) is 0. The predicted octanol–water partition coefficient (Wildman–Crippen LogP) is 3.63. The molecule has 0 aliphatic carbocycles. The Morgan fingerprint density at radius 1 is 0.810 bits per heavy atom. The first-order chi connectivity index (χ1) is 10.3. The highest BCUT2D eigenvalue weighted by atomic mass is 16.5. The molecule has 2 aromatic heterocycles. The number of hydrogen-bond donors (Lipinski definition) is 0. The number of pyridine rings is 1. The van der Waals surface area contributed by atoms with Gasteiger partial charge >= 0.3 is 0 Å². The van der Waals surface area contributed by atoms with E-state index >= 15 is 0 Å². The lowest BCUT2D eigenvalue weighted by atomic mass is 10.1. The van der Waals surface area contributed by atoms with Crippen LogP contribution in [0.25, 0.3) is 16.6 Å². The van der Waals surface area contributed by atoms with Crippen molar-refractivity contribution in [1.82, 2.24) is 4.40 Å². The summed E-state index contributed by atoms with van der Waals surface area (Å²) in [5, 5.41) is 0. The standard InChI is InChI=1S/C17H17NO3/c1-19-15-9-12(10-16(20-2)17(15)21-3)13-8-14-6-4-5-7-18(14)11-13/h4-11H,1-3H3. The number of ether oxygens (including phenoxy) is 3. The smallest absolute Gasteiger partial charge is 0.203 e. The molecule has 21 heavy (non-hydrogen) atoms. The van der Waals surface area contributed by atoms with E-state index in [4.69, 9.17) is 14.2 Å². The van der Waals surface area contributed by atoms with E-state index in [9.17, 15) is 0 Å². The highest BCUT2D eigenvalue weighted by Crippen LogP contribution is 2.41. The molecule has 3 aromatic rings. The zero-order valence-electron chi connectivity index (χ0n) is 12.3. The quantitative estimate of drug-likeness (QED) is 0.733.